The van der Waals surface area contributed by atoms with Gasteiger partial charge in [0.1, 0.15) is 6.23 Å². The van der Waals surface area contributed by atoms with Gasteiger partial charge in [-0.1, -0.05) is 33.3 Å². The second kappa shape index (κ2) is 5.19. The molecular weight excluding hydrogens is 310 g/mol. The number of hydrogen-bond donors (Lipinski definition) is 1. The quantitative estimate of drug-likeness (QED) is 0.784. The summed E-state index contributed by atoms with van der Waals surface area (Å²) in [5, 5.41) is 3.59. The highest BCUT2D eigenvalue weighted by atomic mass is 16.5. The van der Waals surface area contributed by atoms with Crippen LogP contribution < -0.4 is 5.32 Å². The molecule has 138 valence electrons. The summed E-state index contributed by atoms with van der Waals surface area (Å²) in [6, 6.07) is 0. The second-order valence-corrected chi connectivity index (χ2v) is 10.3. The Morgan fingerprint density at radius 2 is 2.04 bits per heavy atom. The SMILES string of the molecule is CC(C)[C@H]1C(=O)C=C2[C@H]3CC[C@H]4C[C@@H]5NC[C@@H](O5)[C@@]4(C)[C@@H]3CC[C@]21C. The van der Waals surface area contributed by atoms with E-state index in [4.69, 9.17) is 4.74 Å². The van der Waals surface area contributed by atoms with Crippen LogP contribution in [0, 0.1) is 40.4 Å². The number of nitrogens with one attached hydrogen (secondary N) is 1. The van der Waals surface area contributed by atoms with Crippen molar-refractivity contribution in [2.75, 3.05) is 6.54 Å². The van der Waals surface area contributed by atoms with Crippen molar-refractivity contribution in [1.82, 2.24) is 5.32 Å². The van der Waals surface area contributed by atoms with E-state index in [2.05, 4.69) is 39.1 Å². The van der Waals surface area contributed by atoms with Gasteiger partial charge < -0.3 is 4.74 Å². The number of hydrogen-bond acceptors (Lipinski definition) is 3. The van der Waals surface area contributed by atoms with Crippen molar-refractivity contribution < 1.29 is 9.53 Å². The monoisotopic (exact) mass is 343 g/mol. The molecule has 2 saturated carbocycles. The Labute approximate surface area is 152 Å². The number of ether oxygens (including phenoxy) is 1. The third kappa shape index (κ3) is 1.97. The molecule has 0 unspecified atom stereocenters. The number of fused-ring (bicyclic) bond motifs is 8. The van der Waals surface area contributed by atoms with E-state index in [0.717, 1.165) is 12.5 Å². The molecule has 0 aromatic rings. The molecule has 3 aliphatic carbocycles. The van der Waals surface area contributed by atoms with Gasteiger partial charge in [0.15, 0.2) is 5.78 Å². The molecular formula is C22H33NO2. The fourth-order valence-corrected chi connectivity index (χ4v) is 7.94. The Balaban J connectivity index is 1.53. The molecule has 1 N–H and O–H groups in total. The molecule has 2 heterocycles. The Kier molecular flexibility index (Phi) is 3.43. The van der Waals surface area contributed by atoms with Gasteiger partial charge in [-0.05, 0) is 67.3 Å². The topological polar surface area (TPSA) is 38.3 Å². The third-order valence-corrected chi connectivity index (χ3v) is 9.03. The first-order chi connectivity index (χ1) is 11.9. The molecule has 2 saturated heterocycles. The molecule has 2 aliphatic heterocycles. The lowest BCUT2D eigenvalue weighted by Gasteiger charge is -2.60. The van der Waals surface area contributed by atoms with Gasteiger partial charge in [0.25, 0.3) is 0 Å². The molecule has 25 heavy (non-hydrogen) atoms. The Bertz CT molecular complexity index is 640. The number of carbonyl (C=O) groups excluding carboxylic acids is 1. The predicted octanol–water partition coefficient (Wildman–Crippen LogP) is 3.93. The van der Waals surface area contributed by atoms with Crippen molar-refractivity contribution in [3.63, 3.8) is 0 Å². The second-order valence-electron chi connectivity index (χ2n) is 10.3. The van der Waals surface area contributed by atoms with E-state index in [-0.39, 0.29) is 16.7 Å². The zero-order chi connectivity index (χ0) is 17.6. The van der Waals surface area contributed by atoms with Gasteiger partial charge in [-0.3, -0.25) is 10.1 Å². The van der Waals surface area contributed by atoms with Crippen LogP contribution in [0.2, 0.25) is 0 Å². The van der Waals surface area contributed by atoms with Crippen molar-refractivity contribution in [2.24, 2.45) is 40.4 Å². The van der Waals surface area contributed by atoms with E-state index in [0.29, 0.717) is 35.9 Å². The summed E-state index contributed by atoms with van der Waals surface area (Å²) in [7, 11) is 0. The minimum atomic E-state index is 0.113. The largest absolute Gasteiger partial charge is 0.358 e. The fourth-order valence-electron chi connectivity index (χ4n) is 7.94. The standard InChI is InChI=1S/C22H33NO2/c1-12(2)20-17(24)10-16-14-6-5-13-9-19-23-11-18(25-19)22(13,4)15(14)7-8-21(16,20)3/h10,12-15,18-20,23H,5-9,11H2,1-4H3/t13-,14-,15+,18+,19+,20-,21+,22+/m0/s1. The van der Waals surface area contributed by atoms with Crippen LogP contribution in [0.25, 0.3) is 0 Å². The Morgan fingerprint density at radius 3 is 2.80 bits per heavy atom. The molecule has 5 rings (SSSR count). The third-order valence-electron chi connectivity index (χ3n) is 9.03. The summed E-state index contributed by atoms with van der Waals surface area (Å²) < 4.78 is 6.34. The first kappa shape index (κ1) is 16.5. The van der Waals surface area contributed by atoms with E-state index >= 15 is 0 Å². The van der Waals surface area contributed by atoms with Gasteiger partial charge in [-0.25, -0.2) is 0 Å². The van der Waals surface area contributed by atoms with Gasteiger partial charge in [-0.15, -0.1) is 0 Å². The van der Waals surface area contributed by atoms with E-state index < -0.39 is 0 Å². The molecule has 0 aromatic heterocycles. The molecule has 5 aliphatic rings. The van der Waals surface area contributed by atoms with Crippen molar-refractivity contribution in [3.8, 4) is 0 Å². The summed E-state index contributed by atoms with van der Waals surface area (Å²) in [4.78, 5) is 12.8. The highest BCUT2D eigenvalue weighted by molar-refractivity contribution is 5.97. The highest BCUT2D eigenvalue weighted by Crippen LogP contribution is 2.66. The van der Waals surface area contributed by atoms with Crippen molar-refractivity contribution >= 4 is 5.78 Å². The summed E-state index contributed by atoms with van der Waals surface area (Å²) in [6.07, 6.45) is 8.98. The van der Waals surface area contributed by atoms with Gasteiger partial charge in [0.2, 0.25) is 0 Å². The van der Waals surface area contributed by atoms with Crippen molar-refractivity contribution in [3.05, 3.63) is 11.6 Å². The number of rotatable bonds is 1. The molecule has 0 spiro atoms. The lowest BCUT2D eigenvalue weighted by atomic mass is 9.46. The molecule has 0 radical (unpaired) electrons. The summed E-state index contributed by atoms with van der Waals surface area (Å²) in [5.41, 5.74) is 1.91. The lowest BCUT2D eigenvalue weighted by molar-refractivity contribution is -0.173. The zero-order valence-corrected chi connectivity index (χ0v) is 16.2. The predicted molar refractivity (Wildman–Crippen MR) is 97.9 cm³/mol. The average molecular weight is 344 g/mol. The molecule has 3 nitrogen and oxygen atoms in total. The summed E-state index contributed by atoms with van der Waals surface area (Å²) >= 11 is 0. The molecule has 0 amide bonds. The Morgan fingerprint density at radius 1 is 1.24 bits per heavy atom. The fraction of sp³-hybridized carbons (Fsp3) is 0.864. The van der Waals surface area contributed by atoms with Crippen LogP contribution in [0.3, 0.4) is 0 Å². The first-order valence-electron chi connectivity index (χ1n) is 10.5. The van der Waals surface area contributed by atoms with Gasteiger partial charge in [0, 0.05) is 17.9 Å². The molecule has 3 heteroatoms. The Hall–Kier alpha value is -0.670. The van der Waals surface area contributed by atoms with Crippen LogP contribution >= 0.6 is 0 Å². The maximum absolute atomic E-state index is 12.8. The van der Waals surface area contributed by atoms with E-state index in [1.807, 2.05) is 0 Å². The smallest absolute Gasteiger partial charge is 0.159 e. The summed E-state index contributed by atoms with van der Waals surface area (Å²) in [5.74, 6) is 3.13. The summed E-state index contributed by atoms with van der Waals surface area (Å²) in [6.45, 7) is 10.4. The first-order valence-corrected chi connectivity index (χ1v) is 10.5. The highest BCUT2D eigenvalue weighted by Gasteiger charge is 2.63. The maximum Gasteiger partial charge on any atom is 0.159 e. The van der Waals surface area contributed by atoms with Crippen LogP contribution in [0.1, 0.15) is 59.8 Å². The molecule has 4 fully saturated rings. The van der Waals surface area contributed by atoms with E-state index in [1.165, 1.54) is 37.7 Å². The van der Waals surface area contributed by atoms with Crippen LogP contribution in [0.4, 0.5) is 0 Å². The van der Waals surface area contributed by atoms with Gasteiger partial charge >= 0.3 is 0 Å². The molecule has 0 aromatic carbocycles. The normalized spacial score (nSPS) is 54.1. The van der Waals surface area contributed by atoms with Crippen LogP contribution in [0.15, 0.2) is 11.6 Å². The van der Waals surface area contributed by atoms with Crippen LogP contribution in [-0.4, -0.2) is 24.7 Å². The van der Waals surface area contributed by atoms with E-state index in [1.54, 1.807) is 0 Å². The van der Waals surface area contributed by atoms with Crippen molar-refractivity contribution in [2.45, 2.75) is 72.1 Å². The number of allylic oxidation sites excluding steroid dienone is 2. The van der Waals surface area contributed by atoms with Crippen LogP contribution in [-0.2, 0) is 9.53 Å². The van der Waals surface area contributed by atoms with Crippen molar-refractivity contribution in [1.29, 1.82) is 0 Å². The van der Waals surface area contributed by atoms with Crippen LogP contribution in [0.5, 0.6) is 0 Å². The number of carbonyl (C=O) groups is 1. The van der Waals surface area contributed by atoms with E-state index in [9.17, 15) is 4.79 Å². The minimum absolute atomic E-state index is 0.113. The van der Waals surface area contributed by atoms with Gasteiger partial charge in [-0.2, -0.15) is 0 Å². The molecule has 8 atom stereocenters. The zero-order valence-electron chi connectivity index (χ0n) is 16.2. The van der Waals surface area contributed by atoms with Gasteiger partial charge in [0.05, 0.1) is 6.10 Å². The maximum atomic E-state index is 12.8. The molecule has 2 bridgehead atoms. The number of ketones is 1. The average Bonchev–Trinajstić information content (AvgIpc) is 3.08. The minimum Gasteiger partial charge on any atom is -0.358 e. The lowest BCUT2D eigenvalue weighted by Crippen LogP contribution is -2.57.